The number of likely N-dealkylation sites (tertiary alicyclic amines) is 1. The van der Waals surface area contributed by atoms with Crippen LogP contribution in [0, 0.1) is 0 Å². The number of halogens is 4. The topological polar surface area (TPSA) is 63.3 Å². The van der Waals surface area contributed by atoms with Gasteiger partial charge in [0.2, 0.25) is 0 Å². The largest absolute Gasteiger partial charge is 0.467 e. The lowest BCUT2D eigenvalue weighted by Crippen LogP contribution is -2.42. The second-order valence-electron chi connectivity index (χ2n) is 7.30. The van der Waals surface area contributed by atoms with Crippen LogP contribution in [-0.4, -0.2) is 39.4 Å². The Hall–Kier alpha value is -2.16. The first kappa shape index (κ1) is 19.2. The number of hydrogen-bond acceptors (Lipinski definition) is 4. The summed E-state index contributed by atoms with van der Waals surface area (Å²) in [5, 5.41) is 6.88. The summed E-state index contributed by atoms with van der Waals surface area (Å²) >= 11 is 6.35. The Morgan fingerprint density at radius 2 is 2.18 bits per heavy atom. The van der Waals surface area contributed by atoms with Gasteiger partial charge in [-0.25, -0.2) is 4.68 Å². The van der Waals surface area contributed by atoms with Crippen LogP contribution in [0.25, 0.3) is 0 Å². The average Bonchev–Trinajstić information content (AvgIpc) is 3.29. The number of hydrogen-bond donors (Lipinski definition) is 1. The molecule has 2 aromatic rings. The van der Waals surface area contributed by atoms with Crippen LogP contribution in [0.3, 0.4) is 0 Å². The van der Waals surface area contributed by atoms with Crippen molar-refractivity contribution in [1.29, 1.82) is 0 Å². The molecule has 1 amide bonds. The summed E-state index contributed by atoms with van der Waals surface area (Å²) < 4.78 is 47.3. The highest BCUT2D eigenvalue weighted by molar-refractivity contribution is 6.36. The minimum absolute atomic E-state index is 0.00159. The molecule has 0 aliphatic carbocycles. The van der Waals surface area contributed by atoms with E-state index in [1.54, 1.807) is 17.0 Å². The van der Waals surface area contributed by atoms with Crippen LogP contribution in [0.2, 0.25) is 5.02 Å². The maximum atomic E-state index is 13.7. The highest BCUT2D eigenvalue weighted by Gasteiger charge is 2.48. The van der Waals surface area contributed by atoms with Crippen molar-refractivity contribution in [2.45, 2.75) is 56.9 Å². The van der Waals surface area contributed by atoms with Gasteiger partial charge in [0.05, 0.1) is 12.3 Å². The number of aromatic nitrogens is 2. The first-order valence-electron chi connectivity index (χ1n) is 9.23. The van der Waals surface area contributed by atoms with Gasteiger partial charge in [0.1, 0.15) is 16.6 Å². The number of nitrogens with zero attached hydrogens (tertiary/aromatic N) is 3. The highest BCUT2D eigenvalue weighted by Crippen LogP contribution is 2.46. The number of amides is 1. The first-order chi connectivity index (χ1) is 13.3. The van der Waals surface area contributed by atoms with E-state index in [1.165, 1.54) is 6.26 Å². The van der Waals surface area contributed by atoms with Crippen LogP contribution in [0.1, 0.15) is 60.9 Å². The van der Waals surface area contributed by atoms with Crippen LogP contribution >= 0.6 is 11.6 Å². The van der Waals surface area contributed by atoms with Crippen molar-refractivity contribution in [3.63, 3.8) is 0 Å². The Bertz CT molecular complexity index is 865. The average molecular weight is 417 g/mol. The van der Waals surface area contributed by atoms with Crippen LogP contribution in [-0.2, 0) is 0 Å². The van der Waals surface area contributed by atoms with Crippen molar-refractivity contribution < 1.29 is 22.4 Å². The zero-order valence-corrected chi connectivity index (χ0v) is 15.9. The third kappa shape index (κ3) is 3.25. The molecule has 1 N–H and O–H groups in total. The predicted molar refractivity (Wildman–Crippen MR) is 96.4 cm³/mol. The third-order valence-corrected chi connectivity index (χ3v) is 5.81. The zero-order valence-electron chi connectivity index (χ0n) is 15.2. The fourth-order valence-corrected chi connectivity index (χ4v) is 4.20. The van der Waals surface area contributed by atoms with E-state index in [2.05, 4.69) is 10.4 Å². The Kier molecular flexibility index (Phi) is 4.81. The summed E-state index contributed by atoms with van der Waals surface area (Å²) in [7, 11) is 0. The van der Waals surface area contributed by atoms with Gasteiger partial charge >= 0.3 is 6.18 Å². The number of fused-ring (bicyclic) bond motifs is 1. The van der Waals surface area contributed by atoms with E-state index in [1.807, 2.05) is 6.92 Å². The van der Waals surface area contributed by atoms with Crippen molar-refractivity contribution in [2.75, 3.05) is 11.9 Å². The zero-order chi connectivity index (χ0) is 20.1. The molecule has 0 spiro atoms. The SMILES string of the molecule is CC1CCCCN1C(=O)c1nn2c(c1Cl)N[C@@H](c1ccco1)C[C@H]2C(F)(F)F. The lowest BCUT2D eigenvalue weighted by atomic mass is 10.0. The molecule has 2 aliphatic rings. The highest BCUT2D eigenvalue weighted by atomic mass is 35.5. The molecule has 6 nitrogen and oxygen atoms in total. The summed E-state index contributed by atoms with van der Waals surface area (Å²) in [4.78, 5) is 14.6. The number of carbonyl (C=O) groups is 1. The van der Waals surface area contributed by atoms with E-state index < -0.39 is 24.2 Å². The monoisotopic (exact) mass is 416 g/mol. The van der Waals surface area contributed by atoms with Crippen molar-refractivity contribution in [3.05, 3.63) is 34.9 Å². The van der Waals surface area contributed by atoms with Crippen LogP contribution < -0.4 is 5.32 Å². The quantitative estimate of drug-likeness (QED) is 0.763. The van der Waals surface area contributed by atoms with Gasteiger partial charge < -0.3 is 14.6 Å². The second-order valence-corrected chi connectivity index (χ2v) is 7.68. The van der Waals surface area contributed by atoms with Gasteiger partial charge in [-0.2, -0.15) is 18.3 Å². The molecule has 152 valence electrons. The summed E-state index contributed by atoms with van der Waals surface area (Å²) in [6.07, 6.45) is -0.738. The molecule has 1 saturated heterocycles. The summed E-state index contributed by atoms with van der Waals surface area (Å²) in [5.41, 5.74) is -0.146. The van der Waals surface area contributed by atoms with Crippen LogP contribution in [0.5, 0.6) is 0 Å². The molecule has 0 bridgehead atoms. The van der Waals surface area contributed by atoms with Gasteiger partial charge in [0, 0.05) is 19.0 Å². The number of rotatable bonds is 2. The first-order valence-corrected chi connectivity index (χ1v) is 9.60. The van der Waals surface area contributed by atoms with E-state index in [0.29, 0.717) is 12.3 Å². The van der Waals surface area contributed by atoms with Gasteiger partial charge in [0.15, 0.2) is 11.7 Å². The minimum Gasteiger partial charge on any atom is -0.467 e. The Labute approximate surface area is 164 Å². The van der Waals surface area contributed by atoms with Crippen molar-refractivity contribution in [3.8, 4) is 0 Å². The van der Waals surface area contributed by atoms with Gasteiger partial charge in [-0.05, 0) is 38.3 Å². The van der Waals surface area contributed by atoms with Crippen LogP contribution in [0.4, 0.5) is 19.0 Å². The molecule has 28 heavy (non-hydrogen) atoms. The van der Waals surface area contributed by atoms with Crippen molar-refractivity contribution in [1.82, 2.24) is 14.7 Å². The van der Waals surface area contributed by atoms with E-state index in [9.17, 15) is 18.0 Å². The van der Waals surface area contributed by atoms with E-state index >= 15 is 0 Å². The van der Waals surface area contributed by atoms with Gasteiger partial charge in [-0.15, -0.1) is 0 Å². The molecule has 1 unspecified atom stereocenters. The Morgan fingerprint density at radius 1 is 1.39 bits per heavy atom. The molecule has 0 radical (unpaired) electrons. The molecule has 2 aliphatic heterocycles. The third-order valence-electron chi connectivity index (χ3n) is 5.45. The maximum Gasteiger partial charge on any atom is 0.410 e. The Morgan fingerprint density at radius 3 is 2.82 bits per heavy atom. The van der Waals surface area contributed by atoms with Crippen LogP contribution in [0.15, 0.2) is 22.8 Å². The summed E-state index contributed by atoms with van der Waals surface area (Å²) in [6.45, 7) is 2.47. The fourth-order valence-electron chi connectivity index (χ4n) is 3.94. The molecule has 0 saturated carbocycles. The van der Waals surface area contributed by atoms with Gasteiger partial charge in [-0.1, -0.05) is 11.6 Å². The number of alkyl halides is 3. The summed E-state index contributed by atoms with van der Waals surface area (Å²) in [6, 6.07) is 0.585. The number of anilines is 1. The van der Waals surface area contributed by atoms with Crippen molar-refractivity contribution in [2.24, 2.45) is 0 Å². The molecule has 4 heterocycles. The van der Waals surface area contributed by atoms with Crippen molar-refractivity contribution >= 4 is 23.3 Å². The number of furan rings is 1. The molecular weight excluding hydrogens is 397 g/mol. The lowest BCUT2D eigenvalue weighted by molar-refractivity contribution is -0.174. The predicted octanol–water partition coefficient (Wildman–Crippen LogP) is 4.80. The smallest absolute Gasteiger partial charge is 0.410 e. The molecular formula is C18H20ClF3N4O2. The van der Waals surface area contributed by atoms with E-state index in [0.717, 1.165) is 23.9 Å². The van der Waals surface area contributed by atoms with E-state index in [-0.39, 0.29) is 29.0 Å². The normalized spacial score (nSPS) is 25.3. The number of nitrogens with one attached hydrogen (secondary N) is 1. The summed E-state index contributed by atoms with van der Waals surface area (Å²) in [5.74, 6) is -0.0728. The van der Waals surface area contributed by atoms with E-state index in [4.69, 9.17) is 16.0 Å². The minimum atomic E-state index is -4.55. The standard InChI is InChI=1S/C18H20ClF3N4O2/c1-10-5-2-3-7-25(10)17(27)15-14(19)16-23-11(12-6-4-8-28-12)9-13(18(20,21)22)26(16)24-15/h4,6,8,10-11,13,23H,2-3,5,7,9H2,1H3/t10?,11-,13+/m1/s1. The fraction of sp³-hybridized carbons (Fsp3) is 0.556. The number of piperidine rings is 1. The second kappa shape index (κ2) is 7.02. The molecule has 3 atom stereocenters. The Balaban J connectivity index is 1.73. The molecule has 2 aromatic heterocycles. The molecule has 0 aromatic carbocycles. The maximum absolute atomic E-state index is 13.7. The number of carbonyl (C=O) groups excluding carboxylic acids is 1. The molecule has 10 heteroatoms. The van der Waals surface area contributed by atoms with Gasteiger partial charge in [0.25, 0.3) is 5.91 Å². The lowest BCUT2D eigenvalue weighted by Gasteiger charge is -2.33. The molecule has 1 fully saturated rings. The molecule has 4 rings (SSSR count). The van der Waals surface area contributed by atoms with Gasteiger partial charge in [-0.3, -0.25) is 4.79 Å².